The zero-order valence-electron chi connectivity index (χ0n) is 10.7. The van der Waals surface area contributed by atoms with Crippen LogP contribution in [0.2, 0.25) is 0 Å². The van der Waals surface area contributed by atoms with Gasteiger partial charge in [0.05, 0.1) is 12.6 Å². The van der Waals surface area contributed by atoms with Gasteiger partial charge in [-0.15, -0.1) is 0 Å². The van der Waals surface area contributed by atoms with Crippen LogP contribution in [-0.4, -0.2) is 37.2 Å². The van der Waals surface area contributed by atoms with Crippen molar-refractivity contribution < 1.29 is 9.53 Å². The van der Waals surface area contributed by atoms with E-state index in [9.17, 15) is 4.79 Å². The van der Waals surface area contributed by atoms with Crippen molar-refractivity contribution in [1.82, 2.24) is 10.6 Å². The van der Waals surface area contributed by atoms with Crippen LogP contribution in [0.15, 0.2) is 0 Å². The van der Waals surface area contributed by atoms with Crippen LogP contribution >= 0.6 is 0 Å². The van der Waals surface area contributed by atoms with Crippen LogP contribution in [0.3, 0.4) is 0 Å². The molecule has 1 aliphatic carbocycles. The molecule has 4 heteroatoms. The summed E-state index contributed by atoms with van der Waals surface area (Å²) in [7, 11) is 0. The van der Waals surface area contributed by atoms with Gasteiger partial charge in [0.25, 0.3) is 0 Å². The number of carbonyl (C=O) groups excluding carboxylic acids is 1. The van der Waals surface area contributed by atoms with Crippen molar-refractivity contribution in [2.45, 2.75) is 63.6 Å². The fraction of sp³-hybridized carbons (Fsp3) is 0.923. The highest BCUT2D eigenvalue weighted by molar-refractivity contribution is 5.81. The number of hydrogen-bond donors (Lipinski definition) is 2. The summed E-state index contributed by atoms with van der Waals surface area (Å²) < 4.78 is 5.40. The van der Waals surface area contributed by atoms with E-state index in [-0.39, 0.29) is 11.9 Å². The smallest absolute Gasteiger partial charge is 0.237 e. The largest absolute Gasteiger partial charge is 0.380 e. The second kappa shape index (κ2) is 6.36. The van der Waals surface area contributed by atoms with E-state index in [1.165, 1.54) is 12.8 Å². The molecule has 17 heavy (non-hydrogen) atoms. The Labute approximate surface area is 103 Å². The molecule has 2 rings (SSSR count). The minimum Gasteiger partial charge on any atom is -0.380 e. The molecule has 0 aromatic rings. The van der Waals surface area contributed by atoms with Gasteiger partial charge in [0.15, 0.2) is 0 Å². The molecule has 0 radical (unpaired) electrons. The van der Waals surface area contributed by atoms with E-state index in [0.717, 1.165) is 38.9 Å². The first kappa shape index (κ1) is 12.8. The molecule has 1 saturated heterocycles. The van der Waals surface area contributed by atoms with Gasteiger partial charge in [-0.2, -0.15) is 0 Å². The summed E-state index contributed by atoms with van der Waals surface area (Å²) in [6, 6.07) is 0.643. The summed E-state index contributed by atoms with van der Waals surface area (Å²) in [5.74, 6) is 0.141. The van der Waals surface area contributed by atoms with Crippen LogP contribution in [0.4, 0.5) is 0 Å². The third-order valence-electron chi connectivity index (χ3n) is 3.74. The van der Waals surface area contributed by atoms with Gasteiger partial charge in [0.2, 0.25) is 5.91 Å². The van der Waals surface area contributed by atoms with Crippen LogP contribution in [0.1, 0.15) is 45.4 Å². The minimum atomic E-state index is -0.109. The highest BCUT2D eigenvalue weighted by Gasteiger charge is 2.23. The van der Waals surface area contributed by atoms with Gasteiger partial charge < -0.3 is 15.4 Å². The first-order valence-electron chi connectivity index (χ1n) is 6.90. The summed E-state index contributed by atoms with van der Waals surface area (Å²) in [6.45, 7) is 3.54. The summed E-state index contributed by atoms with van der Waals surface area (Å²) in [4.78, 5) is 12.0. The SMILES string of the molecule is CC(NC1CCCOC1)C(=O)NC1CCCC1. The summed E-state index contributed by atoms with van der Waals surface area (Å²) in [6.07, 6.45) is 7.00. The first-order chi connectivity index (χ1) is 8.25. The summed E-state index contributed by atoms with van der Waals surface area (Å²) in [5, 5.41) is 6.48. The maximum absolute atomic E-state index is 12.0. The third-order valence-corrected chi connectivity index (χ3v) is 3.74. The van der Waals surface area contributed by atoms with E-state index in [2.05, 4.69) is 10.6 Å². The van der Waals surface area contributed by atoms with Crippen molar-refractivity contribution in [2.24, 2.45) is 0 Å². The van der Waals surface area contributed by atoms with Crippen molar-refractivity contribution in [2.75, 3.05) is 13.2 Å². The van der Waals surface area contributed by atoms with Crippen LogP contribution in [0, 0.1) is 0 Å². The molecule has 1 amide bonds. The predicted molar refractivity (Wildman–Crippen MR) is 66.8 cm³/mol. The van der Waals surface area contributed by atoms with Gasteiger partial charge in [0, 0.05) is 18.7 Å². The van der Waals surface area contributed by atoms with Gasteiger partial charge >= 0.3 is 0 Å². The van der Waals surface area contributed by atoms with Crippen molar-refractivity contribution in [3.63, 3.8) is 0 Å². The molecule has 0 spiro atoms. The van der Waals surface area contributed by atoms with E-state index in [1.54, 1.807) is 0 Å². The highest BCUT2D eigenvalue weighted by Crippen LogP contribution is 2.17. The molecular weight excluding hydrogens is 216 g/mol. The maximum Gasteiger partial charge on any atom is 0.237 e. The summed E-state index contributed by atoms with van der Waals surface area (Å²) >= 11 is 0. The molecule has 0 aromatic carbocycles. The minimum absolute atomic E-state index is 0.109. The lowest BCUT2D eigenvalue weighted by Gasteiger charge is -2.27. The van der Waals surface area contributed by atoms with Crippen LogP contribution < -0.4 is 10.6 Å². The van der Waals surface area contributed by atoms with Gasteiger partial charge in [-0.05, 0) is 32.6 Å². The molecule has 0 aromatic heterocycles. The van der Waals surface area contributed by atoms with Gasteiger partial charge in [-0.1, -0.05) is 12.8 Å². The molecule has 4 nitrogen and oxygen atoms in total. The zero-order valence-corrected chi connectivity index (χ0v) is 10.7. The van der Waals surface area contributed by atoms with Gasteiger partial charge in [-0.25, -0.2) is 0 Å². The second-order valence-corrected chi connectivity index (χ2v) is 5.29. The third kappa shape index (κ3) is 3.96. The topological polar surface area (TPSA) is 50.4 Å². The quantitative estimate of drug-likeness (QED) is 0.776. The van der Waals surface area contributed by atoms with Crippen LogP contribution in [-0.2, 0) is 9.53 Å². The number of hydrogen-bond acceptors (Lipinski definition) is 3. The monoisotopic (exact) mass is 240 g/mol. The Bertz CT molecular complexity index is 246. The Morgan fingerprint density at radius 3 is 2.53 bits per heavy atom. The molecular formula is C13H24N2O2. The number of amides is 1. The predicted octanol–water partition coefficient (Wildman–Crippen LogP) is 1.20. The average Bonchev–Trinajstić information content (AvgIpc) is 2.83. The molecule has 1 saturated carbocycles. The summed E-state index contributed by atoms with van der Waals surface area (Å²) in [5.41, 5.74) is 0. The average molecular weight is 240 g/mol. The molecule has 2 unspecified atom stereocenters. The highest BCUT2D eigenvalue weighted by atomic mass is 16.5. The van der Waals surface area contributed by atoms with E-state index in [4.69, 9.17) is 4.74 Å². The van der Waals surface area contributed by atoms with Crippen molar-refractivity contribution in [1.29, 1.82) is 0 Å². The normalized spacial score (nSPS) is 27.9. The van der Waals surface area contributed by atoms with Gasteiger partial charge in [-0.3, -0.25) is 4.79 Å². The Morgan fingerprint density at radius 2 is 1.88 bits per heavy atom. The number of nitrogens with one attached hydrogen (secondary N) is 2. The number of rotatable bonds is 4. The van der Waals surface area contributed by atoms with E-state index in [0.29, 0.717) is 12.1 Å². The lowest BCUT2D eigenvalue weighted by Crippen LogP contribution is -2.50. The van der Waals surface area contributed by atoms with Crippen molar-refractivity contribution in [3.8, 4) is 0 Å². The Kier molecular flexibility index (Phi) is 4.80. The van der Waals surface area contributed by atoms with E-state index in [1.807, 2.05) is 6.92 Å². The Morgan fingerprint density at radius 1 is 1.18 bits per heavy atom. The van der Waals surface area contributed by atoms with Crippen molar-refractivity contribution >= 4 is 5.91 Å². The lowest BCUT2D eigenvalue weighted by molar-refractivity contribution is -0.123. The van der Waals surface area contributed by atoms with Crippen LogP contribution in [0.5, 0.6) is 0 Å². The second-order valence-electron chi connectivity index (χ2n) is 5.29. The van der Waals surface area contributed by atoms with Gasteiger partial charge in [0.1, 0.15) is 0 Å². The molecule has 98 valence electrons. The molecule has 2 fully saturated rings. The zero-order chi connectivity index (χ0) is 12.1. The number of carbonyl (C=O) groups is 1. The Balaban J connectivity index is 1.70. The standard InChI is InChI=1S/C13H24N2O2/c1-10(14-12-7-4-8-17-9-12)13(16)15-11-5-2-3-6-11/h10-12,14H,2-9H2,1H3,(H,15,16). The van der Waals surface area contributed by atoms with E-state index < -0.39 is 0 Å². The van der Waals surface area contributed by atoms with Crippen molar-refractivity contribution in [3.05, 3.63) is 0 Å². The van der Waals surface area contributed by atoms with Crippen LogP contribution in [0.25, 0.3) is 0 Å². The molecule has 2 atom stereocenters. The lowest BCUT2D eigenvalue weighted by atomic mass is 10.1. The molecule has 1 heterocycles. The first-order valence-corrected chi connectivity index (χ1v) is 6.90. The molecule has 1 aliphatic heterocycles. The fourth-order valence-corrected chi connectivity index (χ4v) is 2.70. The maximum atomic E-state index is 12.0. The molecule has 2 aliphatic rings. The fourth-order valence-electron chi connectivity index (χ4n) is 2.70. The van der Waals surface area contributed by atoms with E-state index >= 15 is 0 Å². The molecule has 0 bridgehead atoms. The number of ether oxygens (including phenoxy) is 1. The Hall–Kier alpha value is -0.610. The molecule has 2 N–H and O–H groups in total.